The first-order valence-electron chi connectivity index (χ1n) is 6.38. The van der Waals surface area contributed by atoms with Gasteiger partial charge in [-0.2, -0.15) is 0 Å². The van der Waals surface area contributed by atoms with Crippen LogP contribution in [0, 0.1) is 5.92 Å². The average molecular weight is 272 g/mol. The number of aromatic nitrogens is 1. The van der Waals surface area contributed by atoms with E-state index in [2.05, 4.69) is 10.3 Å². The molecule has 1 heterocycles. The second-order valence-corrected chi connectivity index (χ2v) is 4.91. The van der Waals surface area contributed by atoms with E-state index in [4.69, 9.17) is 5.11 Å². The Morgan fingerprint density at radius 3 is 2.55 bits per heavy atom. The maximum absolute atomic E-state index is 12.2. The van der Waals surface area contributed by atoms with Gasteiger partial charge in [-0.3, -0.25) is 9.78 Å². The Morgan fingerprint density at radius 2 is 1.90 bits per heavy atom. The van der Waals surface area contributed by atoms with Crippen LogP contribution in [-0.4, -0.2) is 28.0 Å². The first kappa shape index (κ1) is 14.0. The van der Waals surface area contributed by atoms with Gasteiger partial charge >= 0.3 is 5.97 Å². The zero-order chi connectivity index (χ0) is 14.7. The maximum Gasteiger partial charge on any atom is 0.326 e. The summed E-state index contributed by atoms with van der Waals surface area (Å²) in [7, 11) is 0. The standard InChI is InChI=1S/C15H16N2O3/c1-9(2)12(15(19)20)17-14(18)13-11-6-4-3-5-10(11)7-8-16-13/h3-9,12H,1-2H3,(H,17,18)(H,19,20)/t12-/m1/s1. The summed E-state index contributed by atoms with van der Waals surface area (Å²) in [5, 5.41) is 13.2. The largest absolute Gasteiger partial charge is 0.480 e. The number of benzene rings is 1. The number of fused-ring (bicyclic) bond motifs is 1. The molecule has 0 aliphatic heterocycles. The molecule has 0 fully saturated rings. The van der Waals surface area contributed by atoms with Gasteiger partial charge in [0.25, 0.3) is 5.91 Å². The highest BCUT2D eigenvalue weighted by atomic mass is 16.4. The van der Waals surface area contributed by atoms with E-state index in [1.54, 1.807) is 26.1 Å². The van der Waals surface area contributed by atoms with Crippen LogP contribution in [0.4, 0.5) is 0 Å². The van der Waals surface area contributed by atoms with Gasteiger partial charge in [0, 0.05) is 11.6 Å². The van der Waals surface area contributed by atoms with Crippen LogP contribution >= 0.6 is 0 Å². The van der Waals surface area contributed by atoms with Crippen LogP contribution in [0.25, 0.3) is 10.8 Å². The zero-order valence-corrected chi connectivity index (χ0v) is 11.3. The molecule has 5 heteroatoms. The van der Waals surface area contributed by atoms with Crippen LogP contribution in [0.5, 0.6) is 0 Å². The third kappa shape index (κ3) is 2.77. The minimum absolute atomic E-state index is 0.202. The van der Waals surface area contributed by atoms with Gasteiger partial charge in [0.15, 0.2) is 0 Å². The molecule has 5 nitrogen and oxygen atoms in total. The first-order chi connectivity index (χ1) is 9.50. The Morgan fingerprint density at radius 1 is 1.20 bits per heavy atom. The lowest BCUT2D eigenvalue weighted by Crippen LogP contribution is -2.44. The smallest absolute Gasteiger partial charge is 0.326 e. The van der Waals surface area contributed by atoms with Crippen molar-refractivity contribution in [2.45, 2.75) is 19.9 Å². The highest BCUT2D eigenvalue weighted by Gasteiger charge is 2.25. The van der Waals surface area contributed by atoms with Gasteiger partial charge < -0.3 is 10.4 Å². The lowest BCUT2D eigenvalue weighted by atomic mass is 10.0. The third-order valence-corrected chi connectivity index (χ3v) is 3.11. The molecule has 0 radical (unpaired) electrons. The van der Waals surface area contributed by atoms with Crippen LogP contribution in [-0.2, 0) is 4.79 Å². The van der Waals surface area contributed by atoms with Crippen molar-refractivity contribution in [1.29, 1.82) is 0 Å². The lowest BCUT2D eigenvalue weighted by Gasteiger charge is -2.18. The van der Waals surface area contributed by atoms with Crippen molar-refractivity contribution in [1.82, 2.24) is 10.3 Å². The van der Waals surface area contributed by atoms with Crippen LogP contribution in [0.2, 0.25) is 0 Å². The highest BCUT2D eigenvalue weighted by molar-refractivity contribution is 6.06. The van der Waals surface area contributed by atoms with Crippen LogP contribution in [0.3, 0.4) is 0 Å². The summed E-state index contributed by atoms with van der Waals surface area (Å²) in [6, 6.07) is 8.25. The number of rotatable bonds is 4. The van der Waals surface area contributed by atoms with Crippen molar-refractivity contribution in [2.75, 3.05) is 0 Å². The normalized spacial score (nSPS) is 12.3. The van der Waals surface area contributed by atoms with E-state index in [0.717, 1.165) is 5.39 Å². The van der Waals surface area contributed by atoms with E-state index in [9.17, 15) is 9.59 Å². The number of carbonyl (C=O) groups excluding carboxylic acids is 1. The molecule has 20 heavy (non-hydrogen) atoms. The molecule has 0 aliphatic carbocycles. The van der Waals surface area contributed by atoms with Crippen molar-refractivity contribution in [3.63, 3.8) is 0 Å². The van der Waals surface area contributed by atoms with Gasteiger partial charge in [-0.1, -0.05) is 38.1 Å². The second-order valence-electron chi connectivity index (χ2n) is 4.91. The summed E-state index contributed by atoms with van der Waals surface area (Å²) >= 11 is 0. The molecular weight excluding hydrogens is 256 g/mol. The Hall–Kier alpha value is -2.43. The Bertz CT molecular complexity index is 647. The van der Waals surface area contributed by atoms with Crippen molar-refractivity contribution in [3.8, 4) is 0 Å². The fourth-order valence-corrected chi connectivity index (χ4v) is 2.02. The molecule has 0 saturated carbocycles. The molecule has 2 N–H and O–H groups in total. The number of carboxylic acids is 1. The quantitative estimate of drug-likeness (QED) is 0.893. The maximum atomic E-state index is 12.2. The topological polar surface area (TPSA) is 79.3 Å². The number of pyridine rings is 1. The molecule has 1 aromatic carbocycles. The number of aliphatic carboxylic acids is 1. The van der Waals surface area contributed by atoms with Gasteiger partial charge in [0.1, 0.15) is 11.7 Å². The zero-order valence-electron chi connectivity index (χ0n) is 11.3. The van der Waals surface area contributed by atoms with Gasteiger partial charge in [0.05, 0.1) is 0 Å². The molecule has 2 aromatic rings. The van der Waals surface area contributed by atoms with E-state index >= 15 is 0 Å². The van der Waals surface area contributed by atoms with E-state index in [-0.39, 0.29) is 11.6 Å². The summed E-state index contributed by atoms with van der Waals surface area (Å²) in [6.45, 7) is 3.49. The minimum atomic E-state index is -1.05. The SMILES string of the molecule is CC(C)[C@@H](NC(=O)c1nccc2ccccc12)C(=O)O. The monoisotopic (exact) mass is 272 g/mol. The van der Waals surface area contributed by atoms with Gasteiger partial charge in [0.2, 0.25) is 0 Å². The van der Waals surface area contributed by atoms with Crippen LogP contribution in [0.15, 0.2) is 36.5 Å². The molecule has 0 saturated heterocycles. The highest BCUT2D eigenvalue weighted by Crippen LogP contribution is 2.16. The molecule has 0 bridgehead atoms. The second kappa shape index (κ2) is 5.69. The van der Waals surface area contributed by atoms with Crippen molar-refractivity contribution in [3.05, 3.63) is 42.2 Å². The molecular formula is C15H16N2O3. The lowest BCUT2D eigenvalue weighted by molar-refractivity contribution is -0.140. The summed E-state index contributed by atoms with van der Waals surface area (Å²) in [5.74, 6) is -1.72. The number of amides is 1. The van der Waals surface area contributed by atoms with Crippen molar-refractivity contribution >= 4 is 22.6 Å². The summed E-state index contributed by atoms with van der Waals surface area (Å²) in [6.07, 6.45) is 1.54. The number of nitrogens with zero attached hydrogens (tertiary/aromatic N) is 1. The van der Waals surface area contributed by atoms with Crippen LogP contribution in [0.1, 0.15) is 24.3 Å². The van der Waals surface area contributed by atoms with Gasteiger partial charge in [-0.05, 0) is 17.4 Å². The summed E-state index contributed by atoms with van der Waals surface area (Å²) in [5.41, 5.74) is 0.245. The molecule has 0 spiro atoms. The molecule has 0 unspecified atom stereocenters. The third-order valence-electron chi connectivity index (χ3n) is 3.11. The van der Waals surface area contributed by atoms with Gasteiger partial charge in [-0.15, -0.1) is 0 Å². The number of nitrogens with one attached hydrogen (secondary N) is 1. The first-order valence-corrected chi connectivity index (χ1v) is 6.38. The minimum Gasteiger partial charge on any atom is -0.480 e. The number of hydrogen-bond acceptors (Lipinski definition) is 3. The van der Waals surface area contributed by atoms with Crippen molar-refractivity contribution in [2.24, 2.45) is 5.92 Å². The molecule has 2 rings (SSSR count). The number of carboxylic acid groups (broad SMARTS) is 1. The molecule has 0 aliphatic rings. The Kier molecular flexibility index (Phi) is 3.98. The molecule has 1 amide bonds. The van der Waals surface area contributed by atoms with E-state index in [1.807, 2.05) is 24.3 Å². The molecule has 1 atom stereocenters. The predicted octanol–water partition coefficient (Wildman–Crippen LogP) is 2.07. The Labute approximate surface area is 116 Å². The summed E-state index contributed by atoms with van der Waals surface area (Å²) < 4.78 is 0. The van der Waals surface area contributed by atoms with Gasteiger partial charge in [-0.25, -0.2) is 4.79 Å². The fourth-order valence-electron chi connectivity index (χ4n) is 2.02. The summed E-state index contributed by atoms with van der Waals surface area (Å²) in [4.78, 5) is 27.5. The fraction of sp³-hybridized carbons (Fsp3) is 0.267. The molecule has 104 valence electrons. The number of carbonyl (C=O) groups is 2. The molecule has 1 aromatic heterocycles. The predicted molar refractivity (Wildman–Crippen MR) is 75.5 cm³/mol. The van der Waals surface area contributed by atoms with Crippen molar-refractivity contribution < 1.29 is 14.7 Å². The van der Waals surface area contributed by atoms with Crippen LogP contribution < -0.4 is 5.32 Å². The average Bonchev–Trinajstić information content (AvgIpc) is 2.43. The number of hydrogen-bond donors (Lipinski definition) is 2. The Balaban J connectivity index is 2.34. The van der Waals surface area contributed by atoms with E-state index in [1.165, 1.54) is 0 Å². The van der Waals surface area contributed by atoms with E-state index < -0.39 is 17.9 Å². The van der Waals surface area contributed by atoms with E-state index in [0.29, 0.717) is 5.39 Å².